The van der Waals surface area contributed by atoms with E-state index in [0.29, 0.717) is 68.6 Å². The fourth-order valence-electron chi connectivity index (χ4n) is 13.3. The molecule has 50 heteroatoms. The molecule has 3 aliphatic rings. The van der Waals surface area contributed by atoms with Gasteiger partial charge in [-0.3, -0.25) is 24.0 Å². The number of thiophene rings is 2. The smallest absolute Gasteiger partial charge is 1.00 e. The first-order valence-corrected chi connectivity index (χ1v) is 48.5. The van der Waals surface area contributed by atoms with Crippen LogP contribution in [0, 0.1) is 58.2 Å². The fraction of sp³-hybridized carbons (Fsp3) is 0.295. The molecular weight excluding hydrogens is 2220 g/mol. The minimum atomic E-state index is -1.90. The van der Waals surface area contributed by atoms with Crippen LogP contribution in [0.5, 0.6) is 28.7 Å². The van der Waals surface area contributed by atoms with Gasteiger partial charge in [-0.15, -0.1) is 22.7 Å². The van der Waals surface area contributed by atoms with Gasteiger partial charge in [0.2, 0.25) is 10.6 Å². The molecular formula is C95H94B4Br3Cl3F10N9NaO18S2. The maximum Gasteiger partial charge on any atom is 1.00 e. The Morgan fingerprint density at radius 1 is 0.407 bits per heavy atom. The second-order valence-electron chi connectivity index (χ2n) is 34.6. The van der Waals surface area contributed by atoms with Gasteiger partial charge < -0.3 is 86.3 Å². The molecule has 3 aliphatic heterocycles. The van der Waals surface area contributed by atoms with Crippen molar-refractivity contribution in [3.63, 3.8) is 0 Å². The van der Waals surface area contributed by atoms with Gasteiger partial charge in [0.25, 0.3) is 27.8 Å². The Labute approximate surface area is 898 Å². The molecule has 12 heterocycles. The summed E-state index contributed by atoms with van der Waals surface area (Å²) in [6.45, 7) is 23.7. The number of alkyl halides is 1. The Morgan fingerprint density at radius 3 is 1.12 bits per heavy atom. The zero-order valence-electron chi connectivity index (χ0n) is 82.0. The monoisotopic (exact) mass is 2310 g/mol. The van der Waals surface area contributed by atoms with E-state index < -0.39 is 120 Å². The first-order chi connectivity index (χ1) is 67.5. The van der Waals surface area contributed by atoms with E-state index in [9.17, 15) is 67.9 Å². The molecule has 14 aromatic rings. The van der Waals surface area contributed by atoms with E-state index in [2.05, 4.69) is 72.7 Å². The van der Waals surface area contributed by atoms with E-state index in [1.54, 1.807) is 30.3 Å². The number of ether oxygens (including phenoxy) is 5. The van der Waals surface area contributed by atoms with E-state index in [1.165, 1.54) is 151 Å². The largest absolute Gasteiger partial charge is 1.00 e. The number of nitrogens with zero attached hydrogens (tertiary/aromatic N) is 8. The van der Waals surface area contributed by atoms with Crippen LogP contribution >= 0.6 is 105 Å². The second kappa shape index (κ2) is 51.1. The van der Waals surface area contributed by atoms with Crippen molar-refractivity contribution in [1.82, 2.24) is 43.2 Å². The predicted molar refractivity (Wildman–Crippen MR) is 547 cm³/mol. The normalized spacial score (nSPS) is 14.5. The van der Waals surface area contributed by atoms with Gasteiger partial charge in [-0.2, -0.15) is 0 Å². The molecule has 0 radical (unpaired) electrons. The van der Waals surface area contributed by atoms with Gasteiger partial charge in [0.1, 0.15) is 14.8 Å². The molecule has 3 saturated heterocycles. The topological polar surface area (TPSA) is 314 Å². The summed E-state index contributed by atoms with van der Waals surface area (Å²) in [6, 6.07) is 30.8. The Kier molecular flexibility index (Phi) is 42.0. The first kappa shape index (κ1) is 119. The van der Waals surface area contributed by atoms with Gasteiger partial charge in [-0.1, -0.05) is 57.9 Å². The van der Waals surface area contributed by atoms with Crippen molar-refractivity contribution in [1.29, 1.82) is 0 Å². The summed E-state index contributed by atoms with van der Waals surface area (Å²) in [5, 5.41) is 24.7. The Hall–Kier alpha value is -9.52. The molecule has 0 bridgehead atoms. The number of aromatic nitrogens is 9. The summed E-state index contributed by atoms with van der Waals surface area (Å²) in [7, 11) is 3.21. The molecule has 3 N–H and O–H groups in total. The van der Waals surface area contributed by atoms with Crippen LogP contribution < -0.4 is 92.0 Å². The van der Waals surface area contributed by atoms with Gasteiger partial charge in [-0.25, -0.2) is 63.8 Å². The Bertz CT molecular complexity index is 7220. The molecule has 5 aromatic carbocycles. The summed E-state index contributed by atoms with van der Waals surface area (Å²) >= 11 is 29.5. The minimum Gasteiger partial charge on any atom is -1.00 e. The molecule has 0 aliphatic carbocycles. The van der Waals surface area contributed by atoms with Gasteiger partial charge in [0.05, 0.1) is 101 Å². The molecule has 0 atom stereocenters. The van der Waals surface area contributed by atoms with Crippen molar-refractivity contribution in [2.24, 2.45) is 0 Å². The maximum absolute atomic E-state index is 14.4. The zero-order chi connectivity index (χ0) is 106. The standard InChI is InChI=1S/C19H22BF2NO4.C19H12ClF2N3O2S.C13H12BF2NO4.C13H10BrF2NO2.C12H24B2O4.C8H8BrFO.C6H2Cl2N2S.C5H3BrFNO.Na.H/c1-18(2)19(3,4)27-20(26-18)13-9-15(22)17(24)23(11-13)10-12-6-7-16(25-5)14(21)8-12;1-27-15-3-2-10(6-13(15)21)8-25-9-11(7-14(22)18(25)26)16-12-4-5-28-17(12)24-19(20)23-16;1-21-12-3-2-8(4-10(12)15)6-17-7-9(14(19)20)5-11(16)13(17)18;1-19-12-3-2-8(4-10(12)15)6-17-7-9(14)5-11(16)13(17)18;1-9(2)10(3,4)16-13(15-9)14-17-11(5,6)12(7,8)18-14;1-11-8-3-2-6(5-9)4-7(8)10;7-4-3-1-2-11-5(3)10-6(8)9-4;6-3-1-4(7)5(9)8-2-3;;/h6-9,11H,10H2,1-5H3;2-7,9H,8H2,1H3;2-5,7,19-20H,6H2,1H3;2-5,7H,6H2,1H3;1-8H3;2-4H,5H2,1H3;1-2H;1-2H,(H,8,9);;/q;;;;;;;;+1;-1. The number of hydrogen-bond donors (Lipinski definition) is 3. The molecule has 764 valence electrons. The number of halogens is 16. The summed E-state index contributed by atoms with van der Waals surface area (Å²) in [5.41, 5.74) is -2.77. The number of aromatic amines is 1. The zero-order valence-corrected chi connectivity index (χ0v) is 91.6. The molecule has 9 aromatic heterocycles. The number of nitrogens with one attached hydrogen (secondary N) is 1. The molecule has 0 saturated carbocycles. The third kappa shape index (κ3) is 30.7. The molecule has 17 rings (SSSR count). The van der Waals surface area contributed by atoms with Crippen LogP contribution in [0.4, 0.5) is 43.9 Å². The SMILES string of the molecule is CC1(C)OB(B2OC(C)(C)C(C)(C)O2)OC1(C)C.COc1ccc(CBr)cc1F.COc1ccc(Cn2cc(-c3nc(Cl)nc4sccc34)cc(F)c2=O)cc1F.COc1ccc(Cn2cc(B(O)O)cc(F)c2=O)cc1F.COc1ccc(Cn2cc(B3OC(C)(C)C(C)(C)O3)cc(F)c2=O)cc1F.COc1ccc(Cn2cc(Br)cc(F)c2=O)cc1F.Clc1nc(Cl)c2ccsc2n1.O=c1[nH]cc(Br)cc1F.[H-].[Na+]. The van der Waals surface area contributed by atoms with Crippen LogP contribution in [-0.4, -0.2) is 151 Å². The first-order valence-electron chi connectivity index (χ1n) is 42.9. The van der Waals surface area contributed by atoms with E-state index in [1.807, 2.05) is 106 Å². The quantitative estimate of drug-likeness (QED) is 0.0236. The van der Waals surface area contributed by atoms with Crippen LogP contribution in [0.3, 0.4) is 0 Å². The number of H-pyrrole nitrogens is 1. The van der Waals surface area contributed by atoms with Crippen LogP contribution in [0.15, 0.2) is 208 Å². The van der Waals surface area contributed by atoms with Crippen molar-refractivity contribution < 1.29 is 137 Å². The Balaban J connectivity index is 0.000000208. The number of fused-ring (bicyclic) bond motifs is 2. The van der Waals surface area contributed by atoms with Crippen molar-refractivity contribution in [3.05, 3.63) is 338 Å². The van der Waals surface area contributed by atoms with E-state index in [0.717, 1.165) is 62.9 Å². The van der Waals surface area contributed by atoms with E-state index >= 15 is 0 Å². The summed E-state index contributed by atoms with van der Waals surface area (Å²) in [4.78, 5) is 77.8. The van der Waals surface area contributed by atoms with E-state index in [-0.39, 0.29) is 130 Å². The molecule has 27 nitrogen and oxygen atoms in total. The van der Waals surface area contributed by atoms with Gasteiger partial charge in [-0.05, 0) is 280 Å². The Morgan fingerprint density at radius 2 is 0.738 bits per heavy atom. The molecule has 0 amide bonds. The number of rotatable bonds is 18. The van der Waals surface area contributed by atoms with Crippen molar-refractivity contribution in [2.45, 2.75) is 148 Å². The summed E-state index contributed by atoms with van der Waals surface area (Å²) in [5.74, 6) is -6.52. The predicted octanol–water partition coefficient (Wildman–Crippen LogP) is 16.2. The van der Waals surface area contributed by atoms with Crippen molar-refractivity contribution in [2.75, 3.05) is 35.5 Å². The second-order valence-corrected chi connectivity index (χ2v) is 39.9. The van der Waals surface area contributed by atoms with Crippen LogP contribution in [0.1, 0.15) is 112 Å². The number of pyridine rings is 5. The van der Waals surface area contributed by atoms with Crippen LogP contribution in [0.25, 0.3) is 31.7 Å². The van der Waals surface area contributed by atoms with Gasteiger partial charge in [0, 0.05) is 72.5 Å². The molecule has 3 fully saturated rings. The van der Waals surface area contributed by atoms with Crippen molar-refractivity contribution in [3.8, 4) is 40.0 Å². The van der Waals surface area contributed by atoms with Gasteiger partial charge >= 0.3 is 57.8 Å². The third-order valence-corrected chi connectivity index (χ3v) is 26.8. The number of hydrogen-bond acceptors (Lipinski definition) is 24. The fourth-order valence-corrected chi connectivity index (χ4v) is 16.8. The van der Waals surface area contributed by atoms with E-state index in [4.69, 9.17) is 96.5 Å². The summed E-state index contributed by atoms with van der Waals surface area (Å²) < 4.78 is 201. The van der Waals surface area contributed by atoms with Crippen LogP contribution in [-0.2, 0) is 59.4 Å². The van der Waals surface area contributed by atoms with Crippen LogP contribution in [0.2, 0.25) is 15.7 Å². The average molecular weight is 2320 g/mol. The maximum atomic E-state index is 14.4. The van der Waals surface area contributed by atoms with Crippen molar-refractivity contribution >= 4 is 165 Å². The summed E-state index contributed by atoms with van der Waals surface area (Å²) in [6.07, 6.45) is 6.90. The molecule has 145 heavy (non-hydrogen) atoms. The average Bonchev–Trinajstić information content (AvgIpc) is 1.59. The third-order valence-electron chi connectivity index (χ3n) is 23.1. The number of methoxy groups -OCH3 is 5. The molecule has 0 spiro atoms. The number of benzene rings is 5. The minimum absolute atomic E-state index is 0. The molecule has 0 unspecified atom stereocenters. The van der Waals surface area contributed by atoms with Gasteiger partial charge in [0.15, 0.2) is 86.9 Å².